The minimum Gasteiger partial charge on any atom is -0.381 e. The largest absolute Gasteiger partial charge is 0.381 e. The molecule has 2 rings (SSSR count). The fourth-order valence-electron chi connectivity index (χ4n) is 2.29. The van der Waals surface area contributed by atoms with E-state index >= 15 is 0 Å². The van der Waals surface area contributed by atoms with E-state index in [1.165, 1.54) is 0 Å². The van der Waals surface area contributed by atoms with Crippen molar-refractivity contribution in [2.75, 3.05) is 25.1 Å². The van der Waals surface area contributed by atoms with Crippen LogP contribution >= 0.6 is 11.6 Å². The molecule has 2 heterocycles. The number of aromatic nitrogens is 1. The Morgan fingerprint density at radius 1 is 1.62 bits per heavy atom. The molecule has 0 radical (unpaired) electrons. The smallest absolute Gasteiger partial charge is 0.253 e. The summed E-state index contributed by atoms with van der Waals surface area (Å²) in [5, 5.41) is 6.58. The summed E-state index contributed by atoms with van der Waals surface area (Å²) in [6, 6.07) is 1.73. The summed E-state index contributed by atoms with van der Waals surface area (Å²) in [5.41, 5.74) is 0.479. The summed E-state index contributed by atoms with van der Waals surface area (Å²) in [6.45, 7) is 6.35. The topological polar surface area (TPSA) is 63.2 Å². The van der Waals surface area contributed by atoms with Gasteiger partial charge in [-0.2, -0.15) is 0 Å². The maximum absolute atomic E-state index is 12.2. The van der Waals surface area contributed by atoms with E-state index in [0.717, 1.165) is 26.0 Å². The van der Waals surface area contributed by atoms with Gasteiger partial charge in [0.1, 0.15) is 5.82 Å². The zero-order valence-corrected chi connectivity index (χ0v) is 13.2. The number of carbonyl (C=O) groups is 1. The van der Waals surface area contributed by atoms with Gasteiger partial charge in [0.2, 0.25) is 0 Å². The Morgan fingerprint density at radius 2 is 2.43 bits per heavy atom. The first kappa shape index (κ1) is 16.0. The Balaban J connectivity index is 1.97. The fourth-order valence-corrected chi connectivity index (χ4v) is 2.52. The lowest BCUT2D eigenvalue weighted by atomic mass is 10.0. The zero-order chi connectivity index (χ0) is 15.2. The third-order valence-corrected chi connectivity index (χ3v) is 3.96. The molecule has 6 heteroatoms. The van der Waals surface area contributed by atoms with Gasteiger partial charge in [0, 0.05) is 31.3 Å². The lowest BCUT2D eigenvalue weighted by Crippen LogP contribution is -2.38. The van der Waals surface area contributed by atoms with E-state index in [0.29, 0.717) is 28.9 Å². The van der Waals surface area contributed by atoms with Crippen LogP contribution in [0.4, 0.5) is 5.82 Å². The van der Waals surface area contributed by atoms with Crippen LogP contribution in [0.5, 0.6) is 0 Å². The van der Waals surface area contributed by atoms with E-state index in [1.807, 2.05) is 6.92 Å². The highest BCUT2D eigenvalue weighted by Crippen LogP contribution is 2.21. The molecule has 0 aromatic carbocycles. The molecule has 1 saturated heterocycles. The van der Waals surface area contributed by atoms with Gasteiger partial charge in [-0.1, -0.05) is 18.5 Å². The number of carbonyl (C=O) groups excluding carboxylic acids is 1. The summed E-state index contributed by atoms with van der Waals surface area (Å²) >= 11 is 6.15. The number of nitrogens with zero attached hydrogens (tertiary/aromatic N) is 1. The molecule has 1 aromatic rings. The van der Waals surface area contributed by atoms with Gasteiger partial charge >= 0.3 is 0 Å². The second-order valence-corrected chi connectivity index (χ2v) is 5.77. The SMILES string of the molecule is CCCNc1ncc(C(=O)NC(C)C2CCOC2)cc1Cl. The second kappa shape index (κ2) is 7.61. The van der Waals surface area contributed by atoms with E-state index in [1.54, 1.807) is 12.3 Å². The predicted octanol–water partition coefficient (Wildman–Crippen LogP) is 2.71. The number of nitrogens with one attached hydrogen (secondary N) is 2. The molecule has 1 aliphatic rings. The van der Waals surface area contributed by atoms with E-state index in [9.17, 15) is 4.79 Å². The molecule has 0 spiro atoms. The molecule has 2 unspecified atom stereocenters. The van der Waals surface area contributed by atoms with E-state index in [-0.39, 0.29) is 11.9 Å². The maximum atomic E-state index is 12.2. The number of halogens is 1. The summed E-state index contributed by atoms with van der Waals surface area (Å²) in [4.78, 5) is 16.4. The molecule has 5 nitrogen and oxygen atoms in total. The van der Waals surface area contributed by atoms with Crippen LogP contribution < -0.4 is 10.6 Å². The molecule has 0 saturated carbocycles. The molecule has 116 valence electrons. The first-order chi connectivity index (χ1) is 10.1. The van der Waals surface area contributed by atoms with Crippen LogP contribution in [0.2, 0.25) is 5.02 Å². The highest BCUT2D eigenvalue weighted by molar-refractivity contribution is 6.33. The second-order valence-electron chi connectivity index (χ2n) is 5.37. The Bertz CT molecular complexity index is 490. The average Bonchev–Trinajstić information content (AvgIpc) is 3.00. The summed E-state index contributed by atoms with van der Waals surface area (Å²) < 4.78 is 5.34. The van der Waals surface area contributed by atoms with Crippen molar-refractivity contribution in [3.8, 4) is 0 Å². The van der Waals surface area contributed by atoms with Gasteiger partial charge in [0.25, 0.3) is 5.91 Å². The Hall–Kier alpha value is -1.33. The van der Waals surface area contributed by atoms with Crippen molar-refractivity contribution < 1.29 is 9.53 Å². The van der Waals surface area contributed by atoms with Crippen molar-refractivity contribution in [3.63, 3.8) is 0 Å². The van der Waals surface area contributed by atoms with Gasteiger partial charge in [-0.25, -0.2) is 4.98 Å². The Labute approximate surface area is 130 Å². The first-order valence-corrected chi connectivity index (χ1v) is 7.77. The van der Waals surface area contributed by atoms with Gasteiger partial charge in [-0.05, 0) is 25.8 Å². The third kappa shape index (κ3) is 4.32. The van der Waals surface area contributed by atoms with Crippen LogP contribution in [0, 0.1) is 5.92 Å². The van der Waals surface area contributed by atoms with Crippen molar-refractivity contribution in [1.82, 2.24) is 10.3 Å². The van der Waals surface area contributed by atoms with Crippen molar-refractivity contribution in [2.45, 2.75) is 32.7 Å². The molecular weight excluding hydrogens is 290 g/mol. The number of rotatable bonds is 6. The number of hydrogen-bond donors (Lipinski definition) is 2. The Kier molecular flexibility index (Phi) is 5.82. The van der Waals surface area contributed by atoms with Gasteiger partial charge in [0.05, 0.1) is 17.2 Å². The minimum absolute atomic E-state index is 0.0802. The molecule has 21 heavy (non-hydrogen) atoms. The summed E-state index contributed by atoms with van der Waals surface area (Å²) in [6.07, 6.45) is 3.53. The summed E-state index contributed by atoms with van der Waals surface area (Å²) in [5.74, 6) is 0.848. The van der Waals surface area contributed by atoms with Crippen LogP contribution in [0.3, 0.4) is 0 Å². The normalized spacial score (nSPS) is 19.3. The molecule has 2 N–H and O–H groups in total. The van der Waals surface area contributed by atoms with Crippen LogP contribution in [-0.2, 0) is 4.74 Å². The van der Waals surface area contributed by atoms with Crippen molar-refractivity contribution in [1.29, 1.82) is 0 Å². The minimum atomic E-state index is -0.147. The van der Waals surface area contributed by atoms with E-state index in [2.05, 4.69) is 22.5 Å². The highest BCUT2D eigenvalue weighted by Gasteiger charge is 2.24. The monoisotopic (exact) mass is 311 g/mol. The highest BCUT2D eigenvalue weighted by atomic mass is 35.5. The van der Waals surface area contributed by atoms with Crippen LogP contribution in [0.1, 0.15) is 37.0 Å². The number of anilines is 1. The molecule has 0 bridgehead atoms. The lowest BCUT2D eigenvalue weighted by Gasteiger charge is -2.19. The number of pyridine rings is 1. The van der Waals surface area contributed by atoms with Crippen molar-refractivity contribution >= 4 is 23.3 Å². The molecule has 1 aliphatic heterocycles. The van der Waals surface area contributed by atoms with Gasteiger partial charge in [0.15, 0.2) is 0 Å². The van der Waals surface area contributed by atoms with E-state index in [4.69, 9.17) is 16.3 Å². The molecule has 1 fully saturated rings. The van der Waals surface area contributed by atoms with Crippen LogP contribution in [0.25, 0.3) is 0 Å². The van der Waals surface area contributed by atoms with Crippen molar-refractivity contribution in [3.05, 3.63) is 22.8 Å². The predicted molar refractivity (Wildman–Crippen MR) is 83.9 cm³/mol. The fraction of sp³-hybridized carbons (Fsp3) is 0.600. The van der Waals surface area contributed by atoms with Crippen LogP contribution in [-0.4, -0.2) is 36.7 Å². The van der Waals surface area contributed by atoms with E-state index < -0.39 is 0 Å². The van der Waals surface area contributed by atoms with Crippen molar-refractivity contribution in [2.24, 2.45) is 5.92 Å². The number of ether oxygens (including phenoxy) is 1. The first-order valence-electron chi connectivity index (χ1n) is 7.39. The standard InChI is InChI=1S/C15H22ClN3O2/c1-3-5-17-14-13(16)7-12(8-18-14)15(20)19-10(2)11-4-6-21-9-11/h7-8,10-11H,3-6,9H2,1-2H3,(H,17,18)(H,19,20). The van der Waals surface area contributed by atoms with Gasteiger partial charge in [-0.3, -0.25) is 4.79 Å². The zero-order valence-electron chi connectivity index (χ0n) is 12.5. The molecule has 1 amide bonds. The molecule has 2 atom stereocenters. The Morgan fingerprint density at radius 3 is 3.05 bits per heavy atom. The summed E-state index contributed by atoms with van der Waals surface area (Å²) in [7, 11) is 0. The number of amides is 1. The molecule has 0 aliphatic carbocycles. The van der Waals surface area contributed by atoms with Gasteiger partial charge in [-0.15, -0.1) is 0 Å². The average molecular weight is 312 g/mol. The molecular formula is C15H22ClN3O2. The quantitative estimate of drug-likeness (QED) is 0.848. The number of hydrogen-bond acceptors (Lipinski definition) is 4. The maximum Gasteiger partial charge on any atom is 0.253 e. The van der Waals surface area contributed by atoms with Gasteiger partial charge < -0.3 is 15.4 Å². The van der Waals surface area contributed by atoms with Crippen LogP contribution in [0.15, 0.2) is 12.3 Å². The molecule has 1 aromatic heterocycles. The third-order valence-electron chi connectivity index (χ3n) is 3.68. The lowest BCUT2D eigenvalue weighted by molar-refractivity contribution is 0.0922.